The number of carbonyl (C=O) groups is 3. The molecule has 162 valence electrons. The van der Waals surface area contributed by atoms with E-state index >= 15 is 0 Å². The van der Waals surface area contributed by atoms with Crippen molar-refractivity contribution in [1.29, 1.82) is 0 Å². The minimum Gasteiger partial charge on any atom is -0.354 e. The van der Waals surface area contributed by atoms with Crippen LogP contribution in [-0.4, -0.2) is 30.8 Å². The van der Waals surface area contributed by atoms with Gasteiger partial charge in [-0.05, 0) is 60.4 Å². The summed E-state index contributed by atoms with van der Waals surface area (Å²) < 4.78 is 0. The topological polar surface area (TPSA) is 87.3 Å². The average Bonchev–Trinajstić information content (AvgIpc) is 3.68. The van der Waals surface area contributed by atoms with E-state index in [-0.39, 0.29) is 23.6 Å². The molecule has 32 heavy (non-hydrogen) atoms. The van der Waals surface area contributed by atoms with Crippen molar-refractivity contribution in [3.8, 4) is 11.1 Å². The normalized spacial score (nSPS) is 12.6. The van der Waals surface area contributed by atoms with E-state index in [9.17, 15) is 14.4 Å². The molecule has 3 aromatic carbocycles. The van der Waals surface area contributed by atoms with E-state index in [4.69, 9.17) is 0 Å². The maximum atomic E-state index is 12.5. The van der Waals surface area contributed by atoms with Crippen LogP contribution in [0.1, 0.15) is 33.6 Å². The molecule has 0 radical (unpaired) electrons. The van der Waals surface area contributed by atoms with Crippen LogP contribution in [0.5, 0.6) is 0 Å². The molecule has 1 fully saturated rings. The van der Waals surface area contributed by atoms with Gasteiger partial charge in [0.05, 0.1) is 0 Å². The molecule has 3 aromatic rings. The summed E-state index contributed by atoms with van der Waals surface area (Å²) in [5.41, 5.74) is 3.79. The van der Waals surface area contributed by atoms with Crippen molar-refractivity contribution in [1.82, 2.24) is 10.6 Å². The van der Waals surface area contributed by atoms with Crippen LogP contribution < -0.4 is 16.0 Å². The Morgan fingerprint density at radius 3 is 1.88 bits per heavy atom. The first-order valence-electron chi connectivity index (χ1n) is 10.7. The third-order valence-electron chi connectivity index (χ3n) is 5.32. The molecule has 0 heterocycles. The van der Waals surface area contributed by atoms with Gasteiger partial charge in [-0.2, -0.15) is 0 Å². The Bertz CT molecular complexity index is 1090. The lowest BCUT2D eigenvalue weighted by Crippen LogP contribution is -2.35. The summed E-state index contributed by atoms with van der Waals surface area (Å²) in [7, 11) is 0. The van der Waals surface area contributed by atoms with E-state index in [2.05, 4.69) is 16.0 Å². The Morgan fingerprint density at radius 2 is 1.22 bits per heavy atom. The minimum absolute atomic E-state index is 0.0639. The molecule has 0 aromatic heterocycles. The fourth-order valence-electron chi connectivity index (χ4n) is 3.31. The van der Waals surface area contributed by atoms with Crippen LogP contribution in [0.3, 0.4) is 0 Å². The van der Waals surface area contributed by atoms with Crippen molar-refractivity contribution in [3.63, 3.8) is 0 Å². The molecule has 0 unspecified atom stereocenters. The number of hydrogen-bond donors (Lipinski definition) is 3. The lowest BCUT2D eigenvalue weighted by atomic mass is 10.0. The van der Waals surface area contributed by atoms with Crippen LogP contribution in [0.4, 0.5) is 5.69 Å². The zero-order valence-corrected chi connectivity index (χ0v) is 17.6. The number of hydrogen-bond acceptors (Lipinski definition) is 3. The molecule has 0 bridgehead atoms. The molecule has 6 heteroatoms. The van der Waals surface area contributed by atoms with Gasteiger partial charge in [-0.15, -0.1) is 0 Å². The third-order valence-corrected chi connectivity index (χ3v) is 5.32. The quantitative estimate of drug-likeness (QED) is 0.477. The highest BCUT2D eigenvalue weighted by atomic mass is 16.2. The standard InChI is InChI=1S/C26H25N3O3/c30-24(20-10-11-20)27-16-17-28-25(31)21-12-14-23(15-13-21)29-26(32)22-8-6-19(7-9-22)18-4-2-1-3-5-18/h1-9,12-15,20H,10-11,16-17H2,(H,27,30)(H,28,31)(H,29,32). The molecule has 0 spiro atoms. The van der Waals surface area contributed by atoms with Crippen LogP contribution in [0.2, 0.25) is 0 Å². The van der Waals surface area contributed by atoms with E-state index in [1.807, 2.05) is 42.5 Å². The average molecular weight is 428 g/mol. The van der Waals surface area contributed by atoms with Crippen molar-refractivity contribution >= 4 is 23.4 Å². The monoisotopic (exact) mass is 427 g/mol. The summed E-state index contributed by atoms with van der Waals surface area (Å²) in [5, 5.41) is 8.43. The summed E-state index contributed by atoms with van der Waals surface area (Å²) in [4.78, 5) is 36.3. The Hall–Kier alpha value is -3.93. The van der Waals surface area contributed by atoms with Crippen molar-refractivity contribution in [2.75, 3.05) is 18.4 Å². The van der Waals surface area contributed by atoms with Crippen molar-refractivity contribution in [3.05, 3.63) is 90.0 Å². The Balaban J connectivity index is 1.26. The summed E-state index contributed by atoms with van der Waals surface area (Å²) in [6.07, 6.45) is 1.92. The smallest absolute Gasteiger partial charge is 0.255 e. The van der Waals surface area contributed by atoms with Gasteiger partial charge < -0.3 is 16.0 Å². The first-order chi connectivity index (χ1) is 15.6. The Labute approximate surface area is 187 Å². The largest absolute Gasteiger partial charge is 0.354 e. The summed E-state index contributed by atoms with van der Waals surface area (Å²) in [6.45, 7) is 0.785. The minimum atomic E-state index is -0.222. The highest BCUT2D eigenvalue weighted by Crippen LogP contribution is 2.28. The van der Waals surface area contributed by atoms with E-state index in [1.54, 1.807) is 36.4 Å². The number of anilines is 1. The second kappa shape index (κ2) is 9.92. The first kappa shape index (κ1) is 21.3. The molecule has 0 saturated heterocycles. The molecule has 4 rings (SSSR count). The van der Waals surface area contributed by atoms with Gasteiger partial charge in [-0.25, -0.2) is 0 Å². The van der Waals surface area contributed by atoms with Crippen molar-refractivity contribution in [2.24, 2.45) is 5.92 Å². The van der Waals surface area contributed by atoms with Gasteiger partial charge in [-0.1, -0.05) is 42.5 Å². The first-order valence-corrected chi connectivity index (χ1v) is 10.7. The number of amides is 3. The van der Waals surface area contributed by atoms with Gasteiger partial charge in [0, 0.05) is 35.8 Å². The summed E-state index contributed by atoms with van der Waals surface area (Å²) >= 11 is 0. The van der Waals surface area contributed by atoms with Crippen LogP contribution in [0.25, 0.3) is 11.1 Å². The fraction of sp³-hybridized carbons (Fsp3) is 0.192. The molecule has 1 aliphatic rings. The third kappa shape index (κ3) is 5.60. The van der Waals surface area contributed by atoms with Gasteiger partial charge in [0.1, 0.15) is 0 Å². The van der Waals surface area contributed by atoms with Gasteiger partial charge in [0.25, 0.3) is 11.8 Å². The van der Waals surface area contributed by atoms with Gasteiger partial charge >= 0.3 is 0 Å². The number of rotatable bonds is 8. The number of nitrogens with one attached hydrogen (secondary N) is 3. The van der Waals surface area contributed by atoms with Crippen LogP contribution in [0.15, 0.2) is 78.9 Å². The molecule has 0 atom stereocenters. The molecule has 1 saturated carbocycles. The zero-order chi connectivity index (χ0) is 22.3. The van der Waals surface area contributed by atoms with Gasteiger partial charge in [0.2, 0.25) is 5.91 Å². The van der Waals surface area contributed by atoms with E-state index in [1.165, 1.54) is 0 Å². The van der Waals surface area contributed by atoms with Gasteiger partial charge in [-0.3, -0.25) is 14.4 Å². The molecular weight excluding hydrogens is 402 g/mol. The van der Waals surface area contributed by atoms with Crippen LogP contribution >= 0.6 is 0 Å². The summed E-state index contributed by atoms with van der Waals surface area (Å²) in [5.74, 6) is -0.211. The summed E-state index contributed by atoms with van der Waals surface area (Å²) in [6, 6.07) is 24.1. The Kier molecular flexibility index (Phi) is 6.60. The second-order valence-corrected chi connectivity index (χ2v) is 7.80. The van der Waals surface area contributed by atoms with Crippen molar-refractivity contribution < 1.29 is 14.4 Å². The Morgan fingerprint density at radius 1 is 0.656 bits per heavy atom. The van der Waals surface area contributed by atoms with E-state index < -0.39 is 0 Å². The fourth-order valence-corrected chi connectivity index (χ4v) is 3.31. The molecule has 1 aliphatic carbocycles. The van der Waals surface area contributed by atoms with E-state index in [0.29, 0.717) is 29.9 Å². The zero-order valence-electron chi connectivity index (χ0n) is 17.6. The van der Waals surface area contributed by atoms with Gasteiger partial charge in [0.15, 0.2) is 0 Å². The molecule has 6 nitrogen and oxygen atoms in total. The number of benzene rings is 3. The maximum absolute atomic E-state index is 12.5. The lowest BCUT2D eigenvalue weighted by molar-refractivity contribution is -0.122. The van der Waals surface area contributed by atoms with Crippen LogP contribution in [0, 0.1) is 5.92 Å². The predicted molar refractivity (Wildman–Crippen MR) is 124 cm³/mol. The molecule has 3 amide bonds. The molecular formula is C26H25N3O3. The SMILES string of the molecule is O=C(NCCNC(=O)C1CC1)c1ccc(NC(=O)c2ccc(-c3ccccc3)cc2)cc1. The van der Waals surface area contributed by atoms with Crippen LogP contribution in [-0.2, 0) is 4.79 Å². The highest BCUT2D eigenvalue weighted by Gasteiger charge is 2.29. The highest BCUT2D eigenvalue weighted by molar-refractivity contribution is 6.04. The predicted octanol–water partition coefficient (Wildman–Crippen LogP) is 3.86. The molecule has 3 N–H and O–H groups in total. The number of carbonyl (C=O) groups excluding carboxylic acids is 3. The second-order valence-electron chi connectivity index (χ2n) is 7.80. The molecule has 0 aliphatic heterocycles. The van der Waals surface area contributed by atoms with E-state index in [0.717, 1.165) is 24.0 Å². The van der Waals surface area contributed by atoms with Crippen molar-refractivity contribution in [2.45, 2.75) is 12.8 Å². The maximum Gasteiger partial charge on any atom is 0.255 e. The lowest BCUT2D eigenvalue weighted by Gasteiger charge is -2.09.